The molecular weight excluding hydrogens is 427 g/mol. The Morgan fingerprint density at radius 3 is 2.86 bits per heavy atom. The highest BCUT2D eigenvalue weighted by molar-refractivity contribution is 14.1. The molecule has 1 aromatic carbocycles. The van der Waals surface area contributed by atoms with Gasteiger partial charge in [-0.1, -0.05) is 11.6 Å². The predicted octanol–water partition coefficient (Wildman–Crippen LogP) is 2.16. The van der Waals surface area contributed by atoms with Gasteiger partial charge in [0.25, 0.3) is 10.0 Å². The summed E-state index contributed by atoms with van der Waals surface area (Å²) in [4.78, 5) is 0.105. The quantitative estimate of drug-likeness (QED) is 0.675. The lowest BCUT2D eigenvalue weighted by Crippen LogP contribution is -2.15. The summed E-state index contributed by atoms with van der Waals surface area (Å²) in [6, 6.07) is 5.10. The van der Waals surface area contributed by atoms with Crippen molar-refractivity contribution < 1.29 is 8.42 Å². The van der Waals surface area contributed by atoms with Gasteiger partial charge in [0.05, 0.1) is 23.5 Å². The first-order valence-corrected chi connectivity index (χ1v) is 9.01. The Morgan fingerprint density at radius 1 is 1.43 bits per heavy atom. The van der Waals surface area contributed by atoms with Crippen molar-refractivity contribution >= 4 is 49.9 Å². The van der Waals surface area contributed by atoms with E-state index in [1.807, 2.05) is 7.05 Å². The van der Waals surface area contributed by atoms with Crippen molar-refractivity contribution in [1.82, 2.24) is 15.1 Å². The van der Waals surface area contributed by atoms with Crippen LogP contribution in [-0.4, -0.2) is 31.8 Å². The van der Waals surface area contributed by atoms with E-state index in [0.717, 1.165) is 3.57 Å². The molecule has 0 saturated heterocycles. The van der Waals surface area contributed by atoms with E-state index in [-0.39, 0.29) is 4.90 Å². The lowest BCUT2D eigenvalue weighted by Gasteiger charge is -2.08. The van der Waals surface area contributed by atoms with Crippen LogP contribution in [0.5, 0.6) is 0 Å². The molecule has 0 radical (unpaired) electrons. The smallest absolute Gasteiger partial charge is 0.265 e. The molecule has 0 aliphatic rings. The second kappa shape index (κ2) is 6.95. The maximum Gasteiger partial charge on any atom is 0.265 e. The molecule has 21 heavy (non-hydrogen) atoms. The van der Waals surface area contributed by atoms with Gasteiger partial charge in [0, 0.05) is 16.3 Å². The Labute approximate surface area is 142 Å². The molecular formula is C12H14ClIN4O2S. The largest absolute Gasteiger partial charge is 0.318 e. The van der Waals surface area contributed by atoms with Gasteiger partial charge in [0.15, 0.2) is 0 Å². The maximum absolute atomic E-state index is 12.3. The molecule has 6 nitrogen and oxygen atoms in total. The van der Waals surface area contributed by atoms with Crippen LogP contribution in [0.2, 0.25) is 5.02 Å². The summed E-state index contributed by atoms with van der Waals surface area (Å²) < 4.78 is 29.5. The van der Waals surface area contributed by atoms with Gasteiger partial charge < -0.3 is 5.32 Å². The van der Waals surface area contributed by atoms with Crippen molar-refractivity contribution in [2.45, 2.75) is 11.4 Å². The Bertz CT molecular complexity index is 733. The molecule has 114 valence electrons. The van der Waals surface area contributed by atoms with Gasteiger partial charge in [-0.2, -0.15) is 5.10 Å². The third-order valence-corrected chi connectivity index (χ3v) is 4.99. The summed E-state index contributed by atoms with van der Waals surface area (Å²) in [6.07, 6.45) is 2.80. The molecule has 0 aliphatic carbocycles. The predicted molar refractivity (Wildman–Crippen MR) is 91.1 cm³/mol. The number of likely N-dealkylation sites (N-methyl/N-ethyl adjacent to an activating group) is 1. The zero-order chi connectivity index (χ0) is 15.5. The summed E-state index contributed by atoms with van der Waals surface area (Å²) in [5.74, 6) is 0. The molecule has 2 N–H and O–H groups in total. The number of hydrogen-bond acceptors (Lipinski definition) is 4. The van der Waals surface area contributed by atoms with Gasteiger partial charge in [-0.05, 0) is 47.8 Å². The zero-order valence-electron chi connectivity index (χ0n) is 11.2. The van der Waals surface area contributed by atoms with E-state index in [4.69, 9.17) is 11.6 Å². The molecule has 0 unspecified atom stereocenters. The zero-order valence-corrected chi connectivity index (χ0v) is 14.9. The van der Waals surface area contributed by atoms with Gasteiger partial charge in [-0.3, -0.25) is 9.40 Å². The fraction of sp³-hybridized carbons (Fsp3) is 0.250. The van der Waals surface area contributed by atoms with Crippen molar-refractivity contribution in [2.24, 2.45) is 0 Å². The number of anilines is 1. The minimum absolute atomic E-state index is 0.105. The summed E-state index contributed by atoms with van der Waals surface area (Å²) in [6.45, 7) is 1.30. The third-order valence-electron chi connectivity index (χ3n) is 2.69. The average Bonchev–Trinajstić information content (AvgIpc) is 2.89. The van der Waals surface area contributed by atoms with Crippen molar-refractivity contribution in [1.29, 1.82) is 0 Å². The molecule has 1 aromatic heterocycles. The first-order chi connectivity index (χ1) is 9.92. The lowest BCUT2D eigenvalue weighted by atomic mass is 10.3. The molecule has 1 heterocycles. The average molecular weight is 441 g/mol. The molecule has 0 saturated carbocycles. The van der Waals surface area contributed by atoms with E-state index < -0.39 is 10.0 Å². The van der Waals surface area contributed by atoms with Crippen LogP contribution in [0.4, 0.5) is 5.69 Å². The molecule has 0 bridgehead atoms. The minimum atomic E-state index is -3.69. The fourth-order valence-corrected chi connectivity index (χ4v) is 3.60. The number of nitrogens with one attached hydrogen (secondary N) is 2. The second-order valence-electron chi connectivity index (χ2n) is 4.27. The maximum atomic E-state index is 12.3. The number of sulfonamides is 1. The van der Waals surface area contributed by atoms with Crippen molar-refractivity contribution in [3.63, 3.8) is 0 Å². The highest BCUT2D eigenvalue weighted by Gasteiger charge is 2.18. The minimum Gasteiger partial charge on any atom is -0.318 e. The highest BCUT2D eigenvalue weighted by Crippen LogP contribution is 2.26. The molecule has 0 amide bonds. The summed E-state index contributed by atoms with van der Waals surface area (Å²) in [5, 5.41) is 7.35. The summed E-state index contributed by atoms with van der Waals surface area (Å²) in [7, 11) is -1.87. The SMILES string of the molecule is CNCCn1cc(S(=O)(=O)Nc2ccc(I)cc2Cl)cn1. The van der Waals surface area contributed by atoms with Crippen molar-refractivity contribution in [3.8, 4) is 0 Å². The van der Waals surface area contributed by atoms with Crippen LogP contribution in [0.3, 0.4) is 0 Å². The Hall–Kier alpha value is -0.840. The first-order valence-electron chi connectivity index (χ1n) is 6.07. The molecule has 2 rings (SSSR count). The van der Waals surface area contributed by atoms with Crippen LogP contribution >= 0.6 is 34.2 Å². The Kier molecular flexibility index (Phi) is 5.47. The fourth-order valence-electron chi connectivity index (χ4n) is 1.61. The van der Waals surface area contributed by atoms with Crippen LogP contribution in [0.25, 0.3) is 0 Å². The third kappa shape index (κ3) is 4.31. The van der Waals surface area contributed by atoms with E-state index in [0.29, 0.717) is 23.8 Å². The van der Waals surface area contributed by atoms with E-state index in [2.05, 4.69) is 37.7 Å². The molecule has 0 atom stereocenters. The normalized spacial score (nSPS) is 11.6. The van der Waals surface area contributed by atoms with Crippen LogP contribution in [-0.2, 0) is 16.6 Å². The molecule has 0 spiro atoms. The Morgan fingerprint density at radius 2 is 2.19 bits per heavy atom. The number of benzene rings is 1. The number of aromatic nitrogens is 2. The standard InChI is InChI=1S/C12H14ClIN4O2S/c1-15-4-5-18-8-10(7-16-18)21(19,20)17-12-3-2-9(14)6-11(12)13/h2-3,6-8,15,17H,4-5H2,1H3. The van der Waals surface area contributed by atoms with E-state index in [1.54, 1.807) is 22.9 Å². The second-order valence-corrected chi connectivity index (χ2v) is 7.61. The van der Waals surface area contributed by atoms with Crippen LogP contribution in [0.1, 0.15) is 0 Å². The number of rotatable bonds is 6. The van der Waals surface area contributed by atoms with Crippen molar-refractivity contribution in [2.75, 3.05) is 18.3 Å². The van der Waals surface area contributed by atoms with Crippen molar-refractivity contribution in [3.05, 3.63) is 39.2 Å². The van der Waals surface area contributed by atoms with Gasteiger partial charge in [0.1, 0.15) is 4.90 Å². The Balaban J connectivity index is 2.19. The number of hydrogen-bond donors (Lipinski definition) is 2. The van der Waals surface area contributed by atoms with Crippen LogP contribution < -0.4 is 10.0 Å². The molecule has 9 heteroatoms. The van der Waals surface area contributed by atoms with E-state index in [1.165, 1.54) is 12.4 Å². The monoisotopic (exact) mass is 440 g/mol. The van der Waals surface area contributed by atoms with E-state index in [9.17, 15) is 8.42 Å². The first kappa shape index (κ1) is 16.5. The number of nitrogens with zero attached hydrogens (tertiary/aromatic N) is 2. The van der Waals surface area contributed by atoms with Gasteiger partial charge in [-0.25, -0.2) is 8.42 Å². The van der Waals surface area contributed by atoms with Gasteiger partial charge in [0.2, 0.25) is 0 Å². The number of halogens is 2. The topological polar surface area (TPSA) is 76.0 Å². The van der Waals surface area contributed by atoms with Crippen LogP contribution in [0, 0.1) is 3.57 Å². The van der Waals surface area contributed by atoms with Crippen LogP contribution in [0.15, 0.2) is 35.5 Å². The lowest BCUT2D eigenvalue weighted by molar-refractivity contribution is 0.582. The summed E-state index contributed by atoms with van der Waals surface area (Å²) in [5.41, 5.74) is 0.347. The summed E-state index contributed by atoms with van der Waals surface area (Å²) >= 11 is 8.14. The molecule has 0 aliphatic heterocycles. The molecule has 0 fully saturated rings. The van der Waals surface area contributed by atoms with Gasteiger partial charge >= 0.3 is 0 Å². The molecule has 2 aromatic rings. The van der Waals surface area contributed by atoms with E-state index >= 15 is 0 Å². The van der Waals surface area contributed by atoms with Gasteiger partial charge in [-0.15, -0.1) is 0 Å². The highest BCUT2D eigenvalue weighted by atomic mass is 127.